The summed E-state index contributed by atoms with van der Waals surface area (Å²) < 4.78 is 9.79. The summed E-state index contributed by atoms with van der Waals surface area (Å²) in [5.41, 5.74) is 0. The van der Waals surface area contributed by atoms with Crippen LogP contribution in [0.1, 0.15) is 12.8 Å². The largest absolute Gasteiger partial charge is 0.436 e. The Balaban J connectivity index is 2.12. The summed E-state index contributed by atoms with van der Waals surface area (Å²) in [6.07, 6.45) is 0.786. The monoisotopic (exact) mass is 164 g/mol. The van der Waals surface area contributed by atoms with Crippen LogP contribution in [0.5, 0.6) is 0 Å². The fourth-order valence-electron chi connectivity index (χ4n) is 0.794. The van der Waals surface area contributed by atoms with E-state index in [0.29, 0.717) is 25.3 Å². The predicted molar refractivity (Wildman–Crippen MR) is 35.8 cm³/mol. The molecule has 1 heterocycles. The lowest BCUT2D eigenvalue weighted by Gasteiger charge is -2.07. The van der Waals surface area contributed by atoms with Crippen molar-refractivity contribution < 1.29 is 14.3 Å². The maximum Gasteiger partial charge on any atom is 0.308 e. The predicted octanol–water partition coefficient (Wildman–Crippen LogP) is 0.905. The second-order valence-electron chi connectivity index (χ2n) is 2.02. The molecule has 1 fully saturated rings. The first-order valence-electron chi connectivity index (χ1n) is 3.20. The van der Waals surface area contributed by atoms with Gasteiger partial charge >= 0.3 is 5.97 Å². The Morgan fingerprint density at radius 1 is 1.80 bits per heavy atom. The van der Waals surface area contributed by atoms with E-state index in [-0.39, 0.29) is 12.3 Å². The van der Waals surface area contributed by atoms with E-state index in [1.54, 1.807) is 0 Å². The van der Waals surface area contributed by atoms with Gasteiger partial charge in [0.25, 0.3) is 0 Å². The number of carbonyl (C=O) groups excluding carboxylic acids is 1. The van der Waals surface area contributed by atoms with Crippen LogP contribution in [-0.4, -0.2) is 24.7 Å². The number of esters is 1. The molecule has 1 unspecified atom stereocenters. The van der Waals surface area contributed by atoms with Gasteiger partial charge in [0.1, 0.15) is 0 Å². The molecule has 0 aliphatic carbocycles. The normalized spacial score (nSPS) is 24.9. The third-order valence-corrected chi connectivity index (χ3v) is 1.38. The third kappa shape index (κ3) is 2.15. The second kappa shape index (κ2) is 3.78. The summed E-state index contributed by atoms with van der Waals surface area (Å²) in [6, 6.07) is 0. The fraction of sp³-hybridized carbons (Fsp3) is 0.833. The smallest absolute Gasteiger partial charge is 0.308 e. The maximum absolute atomic E-state index is 10.5. The molecule has 1 aliphatic heterocycles. The van der Waals surface area contributed by atoms with E-state index in [1.165, 1.54) is 0 Å². The molecule has 0 saturated carbocycles. The molecule has 3 nitrogen and oxygen atoms in total. The lowest BCUT2D eigenvalue weighted by atomic mass is 10.3. The van der Waals surface area contributed by atoms with Gasteiger partial charge in [-0.2, -0.15) is 0 Å². The van der Waals surface area contributed by atoms with Crippen LogP contribution in [0.15, 0.2) is 0 Å². The van der Waals surface area contributed by atoms with Gasteiger partial charge in [0.05, 0.1) is 13.0 Å². The van der Waals surface area contributed by atoms with Gasteiger partial charge in [0, 0.05) is 12.3 Å². The highest BCUT2D eigenvalue weighted by molar-refractivity contribution is 6.17. The molecule has 0 spiro atoms. The van der Waals surface area contributed by atoms with Crippen LogP contribution >= 0.6 is 11.6 Å². The number of hydrogen-bond acceptors (Lipinski definition) is 3. The van der Waals surface area contributed by atoms with Gasteiger partial charge in [-0.1, -0.05) is 0 Å². The van der Waals surface area contributed by atoms with Gasteiger partial charge in [-0.3, -0.25) is 4.79 Å². The first kappa shape index (κ1) is 7.82. The van der Waals surface area contributed by atoms with Gasteiger partial charge < -0.3 is 9.47 Å². The van der Waals surface area contributed by atoms with E-state index in [1.807, 2.05) is 0 Å². The zero-order chi connectivity index (χ0) is 7.40. The van der Waals surface area contributed by atoms with Crippen LogP contribution in [-0.2, 0) is 14.3 Å². The molecule has 0 radical (unpaired) electrons. The van der Waals surface area contributed by atoms with E-state index in [4.69, 9.17) is 21.1 Å². The van der Waals surface area contributed by atoms with Crippen molar-refractivity contribution in [2.45, 2.75) is 19.1 Å². The Morgan fingerprint density at radius 3 is 3.10 bits per heavy atom. The quantitative estimate of drug-likeness (QED) is 0.460. The van der Waals surface area contributed by atoms with Crippen LogP contribution < -0.4 is 0 Å². The topological polar surface area (TPSA) is 35.5 Å². The molecule has 1 aliphatic rings. The van der Waals surface area contributed by atoms with Gasteiger partial charge in [-0.05, 0) is 0 Å². The Morgan fingerprint density at radius 2 is 2.60 bits per heavy atom. The lowest BCUT2D eigenvalue weighted by Crippen LogP contribution is -2.13. The minimum atomic E-state index is -0.341. The number of carbonyl (C=O) groups is 1. The van der Waals surface area contributed by atoms with Crippen LogP contribution in [0.3, 0.4) is 0 Å². The molecule has 0 bridgehead atoms. The van der Waals surface area contributed by atoms with Crippen molar-refractivity contribution in [2.24, 2.45) is 0 Å². The highest BCUT2D eigenvalue weighted by Gasteiger charge is 2.23. The van der Waals surface area contributed by atoms with Gasteiger partial charge in [-0.25, -0.2) is 0 Å². The molecule has 0 amide bonds. The number of rotatable bonds is 3. The summed E-state index contributed by atoms with van der Waals surface area (Å²) in [7, 11) is 0. The number of halogens is 1. The Hall–Kier alpha value is -0.280. The zero-order valence-electron chi connectivity index (χ0n) is 5.51. The van der Waals surface area contributed by atoms with Crippen LogP contribution in [0.4, 0.5) is 0 Å². The minimum Gasteiger partial charge on any atom is -0.436 e. The standard InChI is InChI=1S/C6H9ClO3/c7-3-4-9-6-2-1-5(8)10-6/h6H,1-4H2. The van der Waals surface area contributed by atoms with Crippen molar-refractivity contribution in [3.63, 3.8) is 0 Å². The minimum absolute atomic E-state index is 0.181. The van der Waals surface area contributed by atoms with Gasteiger partial charge in [0.2, 0.25) is 6.29 Å². The van der Waals surface area contributed by atoms with Crippen molar-refractivity contribution in [3.05, 3.63) is 0 Å². The molecule has 4 heteroatoms. The number of cyclic esters (lactones) is 1. The van der Waals surface area contributed by atoms with Crippen molar-refractivity contribution in [3.8, 4) is 0 Å². The van der Waals surface area contributed by atoms with E-state index < -0.39 is 0 Å². The Bertz CT molecular complexity index is 126. The van der Waals surface area contributed by atoms with Crippen molar-refractivity contribution in [2.75, 3.05) is 12.5 Å². The first-order valence-corrected chi connectivity index (χ1v) is 3.73. The summed E-state index contributed by atoms with van der Waals surface area (Å²) in [4.78, 5) is 10.5. The molecule has 0 N–H and O–H groups in total. The van der Waals surface area contributed by atoms with Crippen molar-refractivity contribution in [1.29, 1.82) is 0 Å². The molecule has 0 aromatic heterocycles. The number of hydrogen-bond donors (Lipinski definition) is 0. The summed E-state index contributed by atoms with van der Waals surface area (Å²) in [6.45, 7) is 0.444. The van der Waals surface area contributed by atoms with Crippen LogP contribution in [0.2, 0.25) is 0 Å². The van der Waals surface area contributed by atoms with Gasteiger partial charge in [-0.15, -0.1) is 11.6 Å². The van der Waals surface area contributed by atoms with E-state index >= 15 is 0 Å². The Kier molecular flexibility index (Phi) is 2.96. The first-order chi connectivity index (χ1) is 4.83. The molecule has 0 aromatic rings. The summed E-state index contributed by atoms with van der Waals surface area (Å²) in [5, 5.41) is 0. The number of alkyl halides is 1. The zero-order valence-corrected chi connectivity index (χ0v) is 6.26. The molecular weight excluding hydrogens is 156 g/mol. The third-order valence-electron chi connectivity index (χ3n) is 1.23. The maximum atomic E-state index is 10.5. The van der Waals surface area contributed by atoms with Crippen LogP contribution in [0, 0.1) is 0 Å². The highest BCUT2D eigenvalue weighted by Crippen LogP contribution is 2.14. The molecular formula is C6H9ClO3. The van der Waals surface area contributed by atoms with E-state index in [9.17, 15) is 4.79 Å². The average molecular weight is 165 g/mol. The summed E-state index contributed by atoms with van der Waals surface area (Å²) >= 11 is 5.35. The molecule has 10 heavy (non-hydrogen) atoms. The molecule has 1 saturated heterocycles. The SMILES string of the molecule is O=C1CCC(OCCCl)O1. The van der Waals surface area contributed by atoms with Crippen LogP contribution in [0.25, 0.3) is 0 Å². The van der Waals surface area contributed by atoms with E-state index in [2.05, 4.69) is 0 Å². The van der Waals surface area contributed by atoms with Crippen molar-refractivity contribution in [1.82, 2.24) is 0 Å². The highest BCUT2D eigenvalue weighted by atomic mass is 35.5. The van der Waals surface area contributed by atoms with Crippen molar-refractivity contribution >= 4 is 17.6 Å². The summed E-state index contributed by atoms with van der Waals surface area (Å²) in [5.74, 6) is 0.258. The second-order valence-corrected chi connectivity index (χ2v) is 2.40. The van der Waals surface area contributed by atoms with Gasteiger partial charge in [0.15, 0.2) is 0 Å². The lowest BCUT2D eigenvalue weighted by molar-refractivity contribution is -0.161. The fourth-order valence-corrected chi connectivity index (χ4v) is 0.883. The molecule has 0 aromatic carbocycles. The Labute approximate surface area is 64.3 Å². The molecule has 1 rings (SSSR count). The molecule has 58 valence electrons. The average Bonchev–Trinajstić information content (AvgIpc) is 2.31. The molecule has 1 atom stereocenters. The van der Waals surface area contributed by atoms with E-state index in [0.717, 1.165) is 0 Å². The number of ether oxygens (including phenoxy) is 2.